The van der Waals surface area contributed by atoms with Crippen LogP contribution in [0.25, 0.3) is 0 Å². The van der Waals surface area contributed by atoms with E-state index in [1.807, 2.05) is 0 Å². The van der Waals surface area contributed by atoms with Gasteiger partial charge in [-0.05, 0) is 38.0 Å². The summed E-state index contributed by atoms with van der Waals surface area (Å²) in [5, 5.41) is 0.365. The minimum atomic E-state index is 0.186. The van der Waals surface area contributed by atoms with Crippen LogP contribution in [-0.4, -0.2) is 17.6 Å². The van der Waals surface area contributed by atoms with E-state index in [1.54, 1.807) is 0 Å². The van der Waals surface area contributed by atoms with Crippen LogP contribution < -0.4 is 0 Å². The normalized spacial score (nSPS) is 45.7. The van der Waals surface area contributed by atoms with Crippen LogP contribution in [0.1, 0.15) is 45.4 Å². The fourth-order valence-corrected chi connectivity index (χ4v) is 3.20. The van der Waals surface area contributed by atoms with Crippen molar-refractivity contribution in [2.45, 2.75) is 56.4 Å². The Morgan fingerprint density at radius 2 is 2.23 bits per heavy atom. The molecule has 1 aliphatic carbocycles. The maximum atomic E-state index is 6.20. The zero-order valence-electron chi connectivity index (χ0n) is 8.39. The molecule has 1 nitrogen and oxygen atoms in total. The smallest absolute Gasteiger partial charge is 0.0699 e. The topological polar surface area (TPSA) is 9.23 Å². The molecule has 0 amide bonds. The molecule has 0 aromatic heterocycles. The summed E-state index contributed by atoms with van der Waals surface area (Å²) < 4.78 is 5.94. The minimum Gasteiger partial charge on any atom is -0.375 e. The maximum Gasteiger partial charge on any atom is 0.0699 e. The summed E-state index contributed by atoms with van der Waals surface area (Å²) in [7, 11) is 0. The van der Waals surface area contributed by atoms with Crippen molar-refractivity contribution in [2.75, 3.05) is 6.61 Å². The summed E-state index contributed by atoms with van der Waals surface area (Å²) in [6, 6.07) is 0. The zero-order valence-corrected chi connectivity index (χ0v) is 9.15. The summed E-state index contributed by atoms with van der Waals surface area (Å²) >= 11 is 6.20. The van der Waals surface area contributed by atoms with E-state index >= 15 is 0 Å². The lowest BCUT2D eigenvalue weighted by molar-refractivity contribution is -0.0737. The van der Waals surface area contributed by atoms with Crippen LogP contribution >= 0.6 is 11.6 Å². The van der Waals surface area contributed by atoms with Gasteiger partial charge in [0.25, 0.3) is 0 Å². The number of halogens is 1. The van der Waals surface area contributed by atoms with Gasteiger partial charge in [-0.1, -0.05) is 13.3 Å². The Morgan fingerprint density at radius 3 is 2.85 bits per heavy atom. The Morgan fingerprint density at radius 1 is 1.38 bits per heavy atom. The average Bonchev–Trinajstić information content (AvgIpc) is 2.48. The number of hydrogen-bond donors (Lipinski definition) is 0. The summed E-state index contributed by atoms with van der Waals surface area (Å²) in [5.74, 6) is 0.891. The van der Waals surface area contributed by atoms with E-state index in [0.717, 1.165) is 25.4 Å². The average molecular weight is 203 g/mol. The largest absolute Gasteiger partial charge is 0.375 e. The highest BCUT2D eigenvalue weighted by Crippen LogP contribution is 2.45. The highest BCUT2D eigenvalue weighted by Gasteiger charge is 2.42. The quantitative estimate of drug-likeness (QED) is 0.593. The molecule has 2 rings (SSSR count). The van der Waals surface area contributed by atoms with Gasteiger partial charge in [-0.2, -0.15) is 0 Å². The summed E-state index contributed by atoms with van der Waals surface area (Å²) in [4.78, 5) is 0. The summed E-state index contributed by atoms with van der Waals surface area (Å²) in [6.45, 7) is 3.16. The van der Waals surface area contributed by atoms with Gasteiger partial charge in [-0.3, -0.25) is 0 Å². The molecule has 0 aromatic carbocycles. The monoisotopic (exact) mass is 202 g/mol. The predicted octanol–water partition coefficient (Wildman–Crippen LogP) is 3.35. The number of alkyl halides is 1. The minimum absolute atomic E-state index is 0.186. The molecule has 3 atom stereocenters. The fraction of sp³-hybridized carbons (Fsp3) is 1.00. The second-order valence-electron chi connectivity index (χ2n) is 4.64. The molecule has 1 heterocycles. The Bertz CT molecular complexity index is 183. The van der Waals surface area contributed by atoms with E-state index in [-0.39, 0.29) is 5.60 Å². The van der Waals surface area contributed by atoms with Gasteiger partial charge in [-0.15, -0.1) is 11.6 Å². The molecule has 1 saturated carbocycles. The molecule has 0 bridgehead atoms. The molecular formula is C11H19ClO. The van der Waals surface area contributed by atoms with E-state index in [2.05, 4.69) is 6.92 Å². The van der Waals surface area contributed by atoms with Crippen LogP contribution in [0.3, 0.4) is 0 Å². The molecule has 76 valence electrons. The highest BCUT2D eigenvalue weighted by atomic mass is 35.5. The van der Waals surface area contributed by atoms with Crippen LogP contribution in [0.4, 0.5) is 0 Å². The lowest BCUT2D eigenvalue weighted by Gasteiger charge is -2.36. The predicted molar refractivity (Wildman–Crippen MR) is 55.2 cm³/mol. The Labute approximate surface area is 85.8 Å². The first-order chi connectivity index (χ1) is 6.24. The highest BCUT2D eigenvalue weighted by molar-refractivity contribution is 6.20. The van der Waals surface area contributed by atoms with Crippen LogP contribution in [0, 0.1) is 5.92 Å². The Balaban J connectivity index is 1.97. The molecule has 13 heavy (non-hydrogen) atoms. The third kappa shape index (κ3) is 2.02. The molecule has 0 N–H and O–H groups in total. The zero-order chi connectivity index (χ0) is 9.31. The van der Waals surface area contributed by atoms with Crippen molar-refractivity contribution in [3.8, 4) is 0 Å². The van der Waals surface area contributed by atoms with E-state index in [1.165, 1.54) is 25.7 Å². The van der Waals surface area contributed by atoms with E-state index < -0.39 is 0 Å². The van der Waals surface area contributed by atoms with Crippen molar-refractivity contribution in [1.82, 2.24) is 0 Å². The SMILES string of the molecule is CCC1CCC2(CC(Cl)CCO2)C1. The Hall–Kier alpha value is 0.250. The molecular weight excluding hydrogens is 184 g/mol. The molecule has 1 aliphatic heterocycles. The van der Waals surface area contributed by atoms with Crippen molar-refractivity contribution in [2.24, 2.45) is 5.92 Å². The van der Waals surface area contributed by atoms with Crippen molar-refractivity contribution in [3.63, 3.8) is 0 Å². The molecule has 0 aromatic rings. The molecule has 3 unspecified atom stereocenters. The summed E-state index contributed by atoms with van der Waals surface area (Å²) in [6.07, 6.45) is 7.28. The van der Waals surface area contributed by atoms with Crippen molar-refractivity contribution >= 4 is 11.6 Å². The first-order valence-electron chi connectivity index (χ1n) is 5.52. The van der Waals surface area contributed by atoms with Crippen LogP contribution in [0.2, 0.25) is 0 Å². The maximum absolute atomic E-state index is 6.20. The number of rotatable bonds is 1. The molecule has 2 fully saturated rings. The second-order valence-corrected chi connectivity index (χ2v) is 5.26. The lowest BCUT2D eigenvalue weighted by Crippen LogP contribution is -2.38. The number of hydrogen-bond acceptors (Lipinski definition) is 1. The van der Waals surface area contributed by atoms with Crippen LogP contribution in [0.5, 0.6) is 0 Å². The molecule has 2 aliphatic rings. The van der Waals surface area contributed by atoms with Gasteiger partial charge in [0, 0.05) is 12.0 Å². The van der Waals surface area contributed by atoms with E-state index in [0.29, 0.717) is 5.38 Å². The van der Waals surface area contributed by atoms with Crippen LogP contribution in [-0.2, 0) is 4.74 Å². The third-order valence-electron chi connectivity index (χ3n) is 3.68. The standard InChI is InChI=1S/C11H19ClO/c1-2-9-3-5-11(7-9)8-10(12)4-6-13-11/h9-10H,2-8H2,1H3. The van der Waals surface area contributed by atoms with Gasteiger partial charge in [0.05, 0.1) is 5.60 Å². The molecule has 1 saturated heterocycles. The lowest BCUT2D eigenvalue weighted by atomic mass is 9.90. The van der Waals surface area contributed by atoms with Crippen molar-refractivity contribution in [3.05, 3.63) is 0 Å². The first-order valence-corrected chi connectivity index (χ1v) is 5.96. The van der Waals surface area contributed by atoms with E-state index in [4.69, 9.17) is 16.3 Å². The Kier molecular flexibility index (Phi) is 2.85. The van der Waals surface area contributed by atoms with Gasteiger partial charge in [0.1, 0.15) is 0 Å². The van der Waals surface area contributed by atoms with Crippen molar-refractivity contribution < 1.29 is 4.74 Å². The van der Waals surface area contributed by atoms with Gasteiger partial charge < -0.3 is 4.74 Å². The van der Waals surface area contributed by atoms with E-state index in [9.17, 15) is 0 Å². The van der Waals surface area contributed by atoms with Gasteiger partial charge >= 0.3 is 0 Å². The van der Waals surface area contributed by atoms with Gasteiger partial charge in [0.2, 0.25) is 0 Å². The second kappa shape index (κ2) is 3.78. The number of ether oxygens (including phenoxy) is 1. The fourth-order valence-electron chi connectivity index (χ4n) is 2.83. The summed E-state index contributed by atoms with van der Waals surface area (Å²) in [5.41, 5.74) is 0.186. The van der Waals surface area contributed by atoms with Crippen molar-refractivity contribution in [1.29, 1.82) is 0 Å². The molecule has 2 heteroatoms. The molecule has 0 radical (unpaired) electrons. The van der Waals surface area contributed by atoms with Gasteiger partial charge in [0.15, 0.2) is 0 Å². The van der Waals surface area contributed by atoms with Gasteiger partial charge in [-0.25, -0.2) is 0 Å². The third-order valence-corrected chi connectivity index (χ3v) is 4.05. The van der Waals surface area contributed by atoms with Crippen LogP contribution in [0.15, 0.2) is 0 Å². The first kappa shape index (κ1) is 9.79. The molecule has 1 spiro atoms.